The predicted molar refractivity (Wildman–Crippen MR) is 87.6 cm³/mol. The molecule has 0 aliphatic rings. The van der Waals surface area contributed by atoms with Gasteiger partial charge in [-0.05, 0) is 35.7 Å². The molecule has 0 N–H and O–H groups in total. The summed E-state index contributed by atoms with van der Waals surface area (Å²) in [6, 6.07) is 13.8. The number of hydrogen-bond donors (Lipinski definition) is 0. The van der Waals surface area contributed by atoms with E-state index in [0.29, 0.717) is 10.9 Å². The van der Waals surface area contributed by atoms with Crippen LogP contribution in [0.5, 0.6) is 5.75 Å². The monoisotopic (exact) mass is 328 g/mol. The molecule has 0 unspecified atom stereocenters. The van der Waals surface area contributed by atoms with Crippen LogP contribution in [-0.4, -0.2) is 27.6 Å². The van der Waals surface area contributed by atoms with Crippen LogP contribution in [0.25, 0.3) is 16.4 Å². The number of nitrogens with zero attached hydrogens (tertiary/aromatic N) is 4. The largest absolute Gasteiger partial charge is 0.497 e. The normalized spacial score (nSPS) is 10.4. The van der Waals surface area contributed by atoms with E-state index in [-0.39, 0.29) is 0 Å². The zero-order valence-corrected chi connectivity index (χ0v) is 13.4. The molecule has 7 heteroatoms. The van der Waals surface area contributed by atoms with E-state index >= 15 is 0 Å². The van der Waals surface area contributed by atoms with Crippen molar-refractivity contribution in [3.05, 3.63) is 41.8 Å². The Balaban J connectivity index is 2.09. The minimum absolute atomic E-state index is 0.332. The second-order valence-electron chi connectivity index (χ2n) is 4.26. The van der Waals surface area contributed by atoms with Gasteiger partial charge in [0.05, 0.1) is 29.5 Å². The Morgan fingerprint density at radius 3 is 2.73 bits per heavy atom. The van der Waals surface area contributed by atoms with Gasteiger partial charge in [-0.1, -0.05) is 17.8 Å². The molecule has 1 aromatic carbocycles. The van der Waals surface area contributed by atoms with Gasteiger partial charge in [-0.2, -0.15) is 5.26 Å². The van der Waals surface area contributed by atoms with Crippen LogP contribution in [0, 0.1) is 11.3 Å². The lowest BCUT2D eigenvalue weighted by Crippen LogP contribution is -1.99. The second-order valence-corrected chi connectivity index (χ2v) is 6.15. The quantitative estimate of drug-likeness (QED) is 0.669. The molecule has 0 aliphatic heterocycles. The van der Waals surface area contributed by atoms with Crippen LogP contribution in [-0.2, 0) is 0 Å². The number of rotatable bonds is 5. The molecule has 0 spiro atoms. The van der Waals surface area contributed by atoms with Crippen LogP contribution >= 0.6 is 23.1 Å². The molecular weight excluding hydrogens is 316 g/mol. The van der Waals surface area contributed by atoms with Crippen molar-refractivity contribution in [2.24, 2.45) is 0 Å². The molecule has 0 aliphatic carbocycles. The first kappa shape index (κ1) is 14.6. The summed E-state index contributed by atoms with van der Waals surface area (Å²) in [6.45, 7) is 0. The third-order valence-corrected chi connectivity index (χ3v) is 4.63. The molecule has 0 amide bonds. The van der Waals surface area contributed by atoms with E-state index in [4.69, 9.17) is 10.00 Å². The van der Waals surface area contributed by atoms with Crippen molar-refractivity contribution in [2.45, 2.75) is 5.16 Å². The van der Waals surface area contributed by atoms with Crippen LogP contribution in [0.2, 0.25) is 0 Å². The summed E-state index contributed by atoms with van der Waals surface area (Å²) >= 11 is 2.98. The molecule has 0 radical (unpaired) electrons. The van der Waals surface area contributed by atoms with Gasteiger partial charge < -0.3 is 4.74 Å². The van der Waals surface area contributed by atoms with Gasteiger partial charge in [0.1, 0.15) is 5.75 Å². The molecule has 0 saturated carbocycles. The highest BCUT2D eigenvalue weighted by atomic mass is 32.2. The zero-order chi connectivity index (χ0) is 15.4. The number of aromatic nitrogens is 3. The van der Waals surface area contributed by atoms with Crippen LogP contribution in [0.3, 0.4) is 0 Å². The number of methoxy groups -OCH3 is 1. The van der Waals surface area contributed by atoms with Gasteiger partial charge in [0.2, 0.25) is 0 Å². The molecule has 2 heterocycles. The van der Waals surface area contributed by atoms with Crippen molar-refractivity contribution in [3.8, 4) is 28.2 Å². The van der Waals surface area contributed by atoms with Crippen molar-refractivity contribution in [3.63, 3.8) is 0 Å². The Hall–Kier alpha value is -2.30. The minimum Gasteiger partial charge on any atom is -0.497 e. The fraction of sp³-hybridized carbons (Fsp3) is 0.133. The first-order valence-corrected chi connectivity index (χ1v) is 8.33. The van der Waals surface area contributed by atoms with E-state index in [1.807, 2.05) is 46.3 Å². The summed E-state index contributed by atoms with van der Waals surface area (Å²) in [7, 11) is 1.64. The zero-order valence-electron chi connectivity index (χ0n) is 11.8. The van der Waals surface area contributed by atoms with E-state index < -0.39 is 0 Å². The van der Waals surface area contributed by atoms with Crippen LogP contribution < -0.4 is 4.74 Å². The average Bonchev–Trinajstić information content (AvgIpc) is 3.22. The highest BCUT2D eigenvalue weighted by molar-refractivity contribution is 7.99. The molecule has 110 valence electrons. The van der Waals surface area contributed by atoms with Crippen LogP contribution in [0.4, 0.5) is 0 Å². The summed E-state index contributed by atoms with van der Waals surface area (Å²) in [5, 5.41) is 20.0. The predicted octanol–water partition coefficient (Wildman–Crippen LogP) is 3.62. The Kier molecular flexibility index (Phi) is 4.42. The molecule has 3 aromatic rings. The first-order chi connectivity index (χ1) is 10.8. The van der Waals surface area contributed by atoms with E-state index in [9.17, 15) is 0 Å². The summed E-state index contributed by atoms with van der Waals surface area (Å²) in [4.78, 5) is 1.03. The first-order valence-electron chi connectivity index (χ1n) is 6.47. The summed E-state index contributed by atoms with van der Waals surface area (Å²) in [6.07, 6.45) is 0. The topological polar surface area (TPSA) is 63.7 Å². The lowest BCUT2D eigenvalue weighted by Gasteiger charge is -2.09. The molecule has 5 nitrogen and oxygen atoms in total. The minimum atomic E-state index is 0.332. The fourth-order valence-electron chi connectivity index (χ4n) is 1.99. The molecule has 2 aromatic heterocycles. The lowest BCUT2D eigenvalue weighted by atomic mass is 10.3. The summed E-state index contributed by atoms with van der Waals surface area (Å²) in [5.41, 5.74) is 0.939. The number of benzene rings is 1. The maximum absolute atomic E-state index is 8.81. The van der Waals surface area contributed by atoms with Gasteiger partial charge in [-0.3, -0.25) is 4.57 Å². The number of thioether (sulfide) groups is 1. The number of thiophene rings is 1. The third kappa shape index (κ3) is 2.84. The van der Waals surface area contributed by atoms with Gasteiger partial charge >= 0.3 is 0 Å². The Morgan fingerprint density at radius 2 is 2.09 bits per heavy atom. The fourth-order valence-corrected chi connectivity index (χ4v) is 3.30. The highest BCUT2D eigenvalue weighted by Crippen LogP contribution is 2.30. The molecule has 0 bridgehead atoms. The maximum atomic E-state index is 8.81. The standard InChI is InChI=1S/C15H12N4OS2/c1-20-12-6-4-11(5-7-12)19-14(13-3-2-9-21-13)17-18-15(19)22-10-8-16/h2-7,9H,10H2,1H3. The molecule has 0 fully saturated rings. The smallest absolute Gasteiger partial charge is 0.197 e. The molecule has 3 rings (SSSR count). The average molecular weight is 328 g/mol. The third-order valence-electron chi connectivity index (χ3n) is 2.97. The van der Waals surface area contributed by atoms with E-state index in [1.54, 1.807) is 18.4 Å². The van der Waals surface area contributed by atoms with Crippen LogP contribution in [0.15, 0.2) is 46.9 Å². The van der Waals surface area contributed by atoms with E-state index in [2.05, 4.69) is 16.3 Å². The van der Waals surface area contributed by atoms with Crippen molar-refractivity contribution < 1.29 is 4.74 Å². The van der Waals surface area contributed by atoms with Crippen LogP contribution in [0.1, 0.15) is 0 Å². The number of nitriles is 1. The van der Waals surface area contributed by atoms with E-state index in [0.717, 1.165) is 22.1 Å². The summed E-state index contributed by atoms with van der Waals surface area (Å²) in [5.74, 6) is 1.90. The van der Waals surface area contributed by atoms with Crippen molar-refractivity contribution in [1.82, 2.24) is 14.8 Å². The highest BCUT2D eigenvalue weighted by Gasteiger charge is 2.16. The van der Waals surface area contributed by atoms with E-state index in [1.165, 1.54) is 11.8 Å². The van der Waals surface area contributed by atoms with Crippen molar-refractivity contribution >= 4 is 23.1 Å². The van der Waals surface area contributed by atoms with Crippen molar-refractivity contribution in [1.29, 1.82) is 5.26 Å². The molecule has 22 heavy (non-hydrogen) atoms. The van der Waals surface area contributed by atoms with Crippen molar-refractivity contribution in [2.75, 3.05) is 12.9 Å². The molecular formula is C15H12N4OS2. The van der Waals surface area contributed by atoms with Gasteiger partial charge in [0.15, 0.2) is 11.0 Å². The van der Waals surface area contributed by atoms with Gasteiger partial charge in [0, 0.05) is 0 Å². The Bertz CT molecular complexity index is 788. The Labute approximate surface area is 136 Å². The van der Waals surface area contributed by atoms with Gasteiger partial charge in [-0.25, -0.2) is 0 Å². The number of ether oxygens (including phenoxy) is 1. The Morgan fingerprint density at radius 1 is 1.27 bits per heavy atom. The maximum Gasteiger partial charge on any atom is 0.197 e. The summed E-state index contributed by atoms with van der Waals surface area (Å²) < 4.78 is 7.16. The molecule has 0 atom stereocenters. The second kappa shape index (κ2) is 6.64. The molecule has 0 saturated heterocycles. The SMILES string of the molecule is COc1ccc(-n2c(SCC#N)nnc2-c2cccs2)cc1. The lowest BCUT2D eigenvalue weighted by molar-refractivity contribution is 0.414. The number of hydrogen-bond acceptors (Lipinski definition) is 6. The van der Waals surface area contributed by atoms with Gasteiger partial charge in [0.25, 0.3) is 0 Å². The van der Waals surface area contributed by atoms with Gasteiger partial charge in [-0.15, -0.1) is 21.5 Å².